The van der Waals surface area contributed by atoms with Gasteiger partial charge in [-0.25, -0.2) is 4.79 Å². The van der Waals surface area contributed by atoms with Gasteiger partial charge in [-0.05, 0) is 51.0 Å². The molecule has 1 aromatic carbocycles. The van der Waals surface area contributed by atoms with Crippen molar-refractivity contribution in [1.29, 1.82) is 0 Å². The van der Waals surface area contributed by atoms with Gasteiger partial charge >= 0.3 is 6.09 Å². The highest BCUT2D eigenvalue weighted by Gasteiger charge is 2.22. The number of ether oxygens (including phenoxy) is 1. The van der Waals surface area contributed by atoms with Crippen molar-refractivity contribution in [2.75, 3.05) is 0 Å². The maximum absolute atomic E-state index is 12.0. The molecule has 1 aromatic heterocycles. The summed E-state index contributed by atoms with van der Waals surface area (Å²) in [5.41, 5.74) is 1.21. The van der Waals surface area contributed by atoms with Crippen LogP contribution in [0.25, 0.3) is 0 Å². The van der Waals surface area contributed by atoms with Gasteiger partial charge in [0.2, 0.25) is 0 Å². The van der Waals surface area contributed by atoms with Gasteiger partial charge in [-0.1, -0.05) is 23.7 Å². The molecule has 1 heterocycles. The van der Waals surface area contributed by atoms with Gasteiger partial charge in [0.1, 0.15) is 5.60 Å². The van der Waals surface area contributed by atoms with Crippen LogP contribution in [0.2, 0.25) is 5.02 Å². The number of hydrogen-bond acceptors (Lipinski definition) is 3. The largest absolute Gasteiger partial charge is 0.444 e. The summed E-state index contributed by atoms with van der Waals surface area (Å²) in [5.74, 6) is 0. The topological polar surface area (TPSA) is 67.0 Å². The fourth-order valence-electron chi connectivity index (χ4n) is 2.04. The fourth-order valence-corrected chi connectivity index (χ4v) is 2.26. The molecule has 0 fully saturated rings. The number of H-pyrrole nitrogens is 1. The molecule has 0 bridgehead atoms. The van der Waals surface area contributed by atoms with E-state index in [4.69, 9.17) is 16.3 Å². The van der Waals surface area contributed by atoms with Crippen molar-refractivity contribution in [3.05, 3.63) is 52.8 Å². The Kier molecular flexibility index (Phi) is 5.08. The smallest absolute Gasteiger partial charge is 0.408 e. The number of hydrogen-bond donors (Lipinski definition) is 2. The summed E-state index contributed by atoms with van der Waals surface area (Å²) in [7, 11) is 0. The Labute approximate surface area is 135 Å². The van der Waals surface area contributed by atoms with Gasteiger partial charge in [0, 0.05) is 11.2 Å². The van der Waals surface area contributed by atoms with Crippen molar-refractivity contribution < 1.29 is 9.53 Å². The Bertz CT molecular complexity index is 621. The number of amides is 1. The predicted molar refractivity (Wildman–Crippen MR) is 85.9 cm³/mol. The van der Waals surface area contributed by atoms with E-state index in [1.54, 1.807) is 6.20 Å². The Morgan fingerprint density at radius 3 is 2.77 bits per heavy atom. The van der Waals surface area contributed by atoms with Crippen LogP contribution in [0.3, 0.4) is 0 Å². The quantitative estimate of drug-likeness (QED) is 0.898. The van der Waals surface area contributed by atoms with Crippen LogP contribution in [0.15, 0.2) is 36.5 Å². The first-order valence-corrected chi connectivity index (χ1v) is 7.45. The summed E-state index contributed by atoms with van der Waals surface area (Å²) in [6, 6.07) is 9.06. The van der Waals surface area contributed by atoms with Crippen molar-refractivity contribution in [3.8, 4) is 0 Å². The van der Waals surface area contributed by atoms with E-state index in [1.807, 2.05) is 51.1 Å². The van der Waals surface area contributed by atoms with E-state index in [0.717, 1.165) is 11.3 Å². The second-order valence-electron chi connectivity index (χ2n) is 6.03. The van der Waals surface area contributed by atoms with Crippen LogP contribution >= 0.6 is 11.6 Å². The fraction of sp³-hybridized carbons (Fsp3) is 0.375. The first kappa shape index (κ1) is 16.4. The second kappa shape index (κ2) is 6.83. The number of carbonyl (C=O) groups is 1. The standard InChI is InChI=1S/C16H20ClN3O2/c1-16(2,3)22-15(21)19-14(13-7-8-18-20-13)10-11-5-4-6-12(17)9-11/h4-9,14H,10H2,1-3H3,(H,18,20)(H,19,21). The highest BCUT2D eigenvalue weighted by molar-refractivity contribution is 6.30. The summed E-state index contributed by atoms with van der Waals surface area (Å²) in [6.45, 7) is 5.48. The minimum absolute atomic E-state index is 0.292. The van der Waals surface area contributed by atoms with Gasteiger partial charge in [0.15, 0.2) is 0 Å². The van der Waals surface area contributed by atoms with Crippen LogP contribution in [0.4, 0.5) is 4.79 Å². The maximum Gasteiger partial charge on any atom is 0.408 e. The molecule has 1 amide bonds. The third-order valence-electron chi connectivity index (χ3n) is 2.90. The van der Waals surface area contributed by atoms with Gasteiger partial charge in [0.05, 0.1) is 11.7 Å². The summed E-state index contributed by atoms with van der Waals surface area (Å²) in [4.78, 5) is 12.0. The lowest BCUT2D eigenvalue weighted by molar-refractivity contribution is 0.0502. The molecule has 0 saturated heterocycles. The highest BCUT2D eigenvalue weighted by Crippen LogP contribution is 2.20. The van der Waals surface area contributed by atoms with Crippen LogP contribution in [-0.4, -0.2) is 21.9 Å². The molecular formula is C16H20ClN3O2. The first-order valence-electron chi connectivity index (χ1n) is 7.07. The van der Waals surface area contributed by atoms with E-state index in [9.17, 15) is 4.79 Å². The Balaban J connectivity index is 2.12. The van der Waals surface area contributed by atoms with Crippen molar-refractivity contribution in [2.45, 2.75) is 38.8 Å². The molecule has 118 valence electrons. The van der Waals surface area contributed by atoms with Gasteiger partial charge in [-0.2, -0.15) is 5.10 Å². The van der Waals surface area contributed by atoms with E-state index in [-0.39, 0.29) is 6.04 Å². The number of halogens is 1. The first-order chi connectivity index (χ1) is 10.3. The Morgan fingerprint density at radius 2 is 2.18 bits per heavy atom. The molecule has 1 atom stereocenters. The van der Waals surface area contributed by atoms with E-state index in [1.165, 1.54) is 0 Å². The molecule has 0 aliphatic heterocycles. The number of alkyl carbamates (subject to hydrolysis) is 1. The van der Waals surface area contributed by atoms with Crippen molar-refractivity contribution in [3.63, 3.8) is 0 Å². The molecule has 1 unspecified atom stereocenters. The summed E-state index contributed by atoms with van der Waals surface area (Å²) in [6.07, 6.45) is 1.82. The second-order valence-corrected chi connectivity index (χ2v) is 6.47. The third kappa shape index (κ3) is 5.07. The normalized spacial score (nSPS) is 12.7. The molecule has 22 heavy (non-hydrogen) atoms. The number of benzene rings is 1. The number of nitrogens with zero attached hydrogens (tertiary/aromatic N) is 1. The number of nitrogens with one attached hydrogen (secondary N) is 2. The van der Waals surface area contributed by atoms with Crippen LogP contribution in [0.1, 0.15) is 38.1 Å². The van der Waals surface area contributed by atoms with Crippen LogP contribution in [0.5, 0.6) is 0 Å². The van der Waals surface area contributed by atoms with Crippen LogP contribution in [0, 0.1) is 0 Å². The summed E-state index contributed by atoms with van der Waals surface area (Å²) < 4.78 is 5.31. The zero-order valence-corrected chi connectivity index (χ0v) is 13.6. The Hall–Kier alpha value is -2.01. The third-order valence-corrected chi connectivity index (χ3v) is 3.13. The highest BCUT2D eigenvalue weighted by atomic mass is 35.5. The number of aromatic nitrogens is 2. The molecule has 0 saturated carbocycles. The summed E-state index contributed by atoms with van der Waals surface area (Å²) >= 11 is 6.01. The van der Waals surface area contributed by atoms with Crippen molar-refractivity contribution >= 4 is 17.7 Å². The van der Waals surface area contributed by atoms with Gasteiger partial charge < -0.3 is 10.1 Å². The van der Waals surface area contributed by atoms with Crippen LogP contribution in [-0.2, 0) is 11.2 Å². The molecule has 2 rings (SSSR count). The zero-order chi connectivity index (χ0) is 16.2. The van der Waals surface area contributed by atoms with Crippen molar-refractivity contribution in [1.82, 2.24) is 15.5 Å². The number of rotatable bonds is 4. The number of aromatic amines is 1. The molecule has 2 aromatic rings. The molecular weight excluding hydrogens is 302 g/mol. The average Bonchev–Trinajstić information content (AvgIpc) is 2.89. The van der Waals surface area contributed by atoms with E-state index in [2.05, 4.69) is 15.5 Å². The summed E-state index contributed by atoms with van der Waals surface area (Å²) in [5, 5.41) is 10.4. The monoisotopic (exact) mass is 321 g/mol. The van der Waals surface area contributed by atoms with Crippen LogP contribution < -0.4 is 5.32 Å². The average molecular weight is 322 g/mol. The molecule has 0 aliphatic carbocycles. The molecule has 2 N–H and O–H groups in total. The maximum atomic E-state index is 12.0. The minimum atomic E-state index is -0.545. The Morgan fingerprint density at radius 1 is 1.41 bits per heavy atom. The molecule has 6 heteroatoms. The number of carbonyl (C=O) groups excluding carboxylic acids is 1. The molecule has 0 radical (unpaired) electrons. The van der Waals surface area contributed by atoms with Crippen molar-refractivity contribution in [2.24, 2.45) is 0 Å². The SMILES string of the molecule is CC(C)(C)OC(=O)NC(Cc1cccc(Cl)c1)c1cc[nH]n1. The van der Waals surface area contributed by atoms with Gasteiger partial charge in [0.25, 0.3) is 0 Å². The van der Waals surface area contributed by atoms with Gasteiger partial charge in [-0.15, -0.1) is 0 Å². The van der Waals surface area contributed by atoms with Gasteiger partial charge in [-0.3, -0.25) is 5.10 Å². The predicted octanol–water partition coefficient (Wildman–Crippen LogP) is 3.87. The lowest BCUT2D eigenvalue weighted by Gasteiger charge is -2.23. The van der Waals surface area contributed by atoms with E-state index < -0.39 is 11.7 Å². The van der Waals surface area contributed by atoms with E-state index in [0.29, 0.717) is 11.4 Å². The zero-order valence-electron chi connectivity index (χ0n) is 12.9. The molecule has 5 nitrogen and oxygen atoms in total. The van der Waals surface area contributed by atoms with E-state index >= 15 is 0 Å². The molecule has 0 spiro atoms. The lowest BCUT2D eigenvalue weighted by atomic mass is 10.0. The lowest BCUT2D eigenvalue weighted by Crippen LogP contribution is -2.36. The molecule has 0 aliphatic rings. The minimum Gasteiger partial charge on any atom is -0.444 e.